The summed E-state index contributed by atoms with van der Waals surface area (Å²) in [6.07, 6.45) is -5.25. The molecule has 1 saturated heterocycles. The maximum atomic E-state index is 13.9. The average Bonchev–Trinajstić information content (AvgIpc) is 2.66. The number of benzene rings is 2. The summed E-state index contributed by atoms with van der Waals surface area (Å²) in [5.41, 5.74) is -3.37. The Hall–Kier alpha value is -2.87. The van der Waals surface area contributed by atoms with Gasteiger partial charge in [0.1, 0.15) is 5.92 Å². The van der Waals surface area contributed by atoms with Crippen molar-refractivity contribution in [1.82, 2.24) is 10.2 Å². The molecule has 0 saturated carbocycles. The zero-order chi connectivity index (χ0) is 19.8. The van der Waals surface area contributed by atoms with Crippen LogP contribution in [-0.2, 0) is 0 Å². The molecular formula is C19H17F3N2O3. The van der Waals surface area contributed by atoms with Crippen molar-refractivity contribution in [3.63, 3.8) is 0 Å². The lowest BCUT2D eigenvalue weighted by Crippen LogP contribution is -2.72. The highest BCUT2D eigenvalue weighted by molar-refractivity contribution is 6.00. The molecule has 2 aromatic rings. The van der Waals surface area contributed by atoms with Gasteiger partial charge in [-0.05, 0) is 5.56 Å². The Morgan fingerprint density at radius 1 is 1.07 bits per heavy atom. The third-order valence-corrected chi connectivity index (χ3v) is 4.78. The van der Waals surface area contributed by atoms with Gasteiger partial charge in [0.05, 0.1) is 6.04 Å². The van der Waals surface area contributed by atoms with Crippen LogP contribution in [0.3, 0.4) is 0 Å². The first-order valence-corrected chi connectivity index (χ1v) is 8.15. The lowest BCUT2D eigenvalue weighted by atomic mass is 9.76. The molecule has 1 aliphatic rings. The molecule has 1 aliphatic heterocycles. The van der Waals surface area contributed by atoms with E-state index in [1.54, 1.807) is 24.3 Å². The molecule has 0 bridgehead atoms. The summed E-state index contributed by atoms with van der Waals surface area (Å²) >= 11 is 0. The smallest absolute Gasteiger partial charge is 0.363 e. The number of nitrogens with one attached hydrogen (secondary N) is 1. The molecule has 2 aromatic carbocycles. The second kappa shape index (κ2) is 6.70. The average molecular weight is 378 g/mol. The topological polar surface area (TPSA) is 69.6 Å². The molecule has 2 amide bonds. The van der Waals surface area contributed by atoms with Crippen LogP contribution in [0.2, 0.25) is 0 Å². The van der Waals surface area contributed by atoms with E-state index >= 15 is 0 Å². The second-order valence-corrected chi connectivity index (χ2v) is 6.33. The molecule has 27 heavy (non-hydrogen) atoms. The molecule has 3 rings (SSSR count). The number of carbonyl (C=O) groups is 2. The van der Waals surface area contributed by atoms with Gasteiger partial charge in [-0.3, -0.25) is 9.69 Å². The van der Waals surface area contributed by atoms with Crippen LogP contribution in [0.5, 0.6) is 0 Å². The van der Waals surface area contributed by atoms with Gasteiger partial charge in [-0.2, -0.15) is 13.2 Å². The van der Waals surface area contributed by atoms with Gasteiger partial charge in [0.15, 0.2) is 5.78 Å². The predicted molar refractivity (Wildman–Crippen MR) is 90.7 cm³/mol. The van der Waals surface area contributed by atoms with Crippen LogP contribution in [0.1, 0.15) is 22.0 Å². The number of Topliss-reactive ketones (excluding diaryl/α,β-unsaturated/α-hetero) is 1. The van der Waals surface area contributed by atoms with Gasteiger partial charge in [0.25, 0.3) is 5.72 Å². The first kappa shape index (κ1) is 18.9. The first-order chi connectivity index (χ1) is 12.7. The number of amides is 2. The Bertz CT molecular complexity index is 842. The number of hydrogen-bond donors (Lipinski definition) is 2. The predicted octanol–water partition coefficient (Wildman–Crippen LogP) is 3.13. The highest BCUT2D eigenvalue weighted by Gasteiger charge is 2.69. The maximum absolute atomic E-state index is 13.9. The Balaban J connectivity index is 2.20. The molecular weight excluding hydrogens is 361 g/mol. The molecule has 5 nitrogen and oxygen atoms in total. The minimum atomic E-state index is -5.25. The molecule has 0 radical (unpaired) electrons. The molecule has 2 N–H and O–H groups in total. The number of aliphatic hydroxyl groups is 1. The van der Waals surface area contributed by atoms with Crippen LogP contribution in [-0.4, -0.2) is 40.8 Å². The van der Waals surface area contributed by atoms with Gasteiger partial charge < -0.3 is 10.4 Å². The van der Waals surface area contributed by atoms with Gasteiger partial charge >= 0.3 is 12.2 Å². The number of alkyl halides is 3. The van der Waals surface area contributed by atoms with Crippen molar-refractivity contribution in [2.24, 2.45) is 5.92 Å². The van der Waals surface area contributed by atoms with Crippen LogP contribution >= 0.6 is 0 Å². The lowest BCUT2D eigenvalue weighted by molar-refractivity contribution is -0.322. The summed E-state index contributed by atoms with van der Waals surface area (Å²) in [5.74, 6) is -2.92. The van der Waals surface area contributed by atoms with Crippen molar-refractivity contribution >= 4 is 11.8 Å². The van der Waals surface area contributed by atoms with Gasteiger partial charge in [0.2, 0.25) is 0 Å². The maximum Gasteiger partial charge on any atom is 0.437 e. The van der Waals surface area contributed by atoms with E-state index < -0.39 is 35.7 Å². The third kappa shape index (κ3) is 3.06. The van der Waals surface area contributed by atoms with Crippen LogP contribution in [0, 0.1) is 5.92 Å². The van der Waals surface area contributed by atoms with Crippen LogP contribution in [0.15, 0.2) is 60.7 Å². The first-order valence-electron chi connectivity index (χ1n) is 8.15. The van der Waals surface area contributed by atoms with E-state index in [-0.39, 0.29) is 16.0 Å². The second-order valence-electron chi connectivity index (χ2n) is 6.33. The fraction of sp³-hybridized carbons (Fsp3) is 0.263. The SMILES string of the molecule is CN1C(=O)N[C@@H](c2ccccc2)[C@H](C(=O)c2ccccc2)[C@@]1(O)C(F)(F)F. The van der Waals surface area contributed by atoms with Crippen molar-refractivity contribution in [3.05, 3.63) is 71.8 Å². The summed E-state index contributed by atoms with van der Waals surface area (Å²) in [7, 11) is 0.815. The molecule has 1 heterocycles. The third-order valence-electron chi connectivity index (χ3n) is 4.78. The Kier molecular flexibility index (Phi) is 4.69. The zero-order valence-electron chi connectivity index (χ0n) is 14.3. The van der Waals surface area contributed by atoms with E-state index in [1.165, 1.54) is 36.4 Å². The summed E-state index contributed by atoms with van der Waals surface area (Å²) < 4.78 is 41.8. The highest BCUT2D eigenvalue weighted by Crippen LogP contribution is 2.47. The van der Waals surface area contributed by atoms with Crippen LogP contribution < -0.4 is 5.32 Å². The fourth-order valence-corrected chi connectivity index (χ4v) is 3.33. The van der Waals surface area contributed by atoms with E-state index in [0.717, 1.165) is 7.05 Å². The minimum absolute atomic E-state index is 0.00987. The largest absolute Gasteiger partial charge is 0.437 e. The number of urea groups is 1. The van der Waals surface area contributed by atoms with Gasteiger partial charge in [0, 0.05) is 12.6 Å². The lowest BCUT2D eigenvalue weighted by Gasteiger charge is -2.49. The highest BCUT2D eigenvalue weighted by atomic mass is 19.4. The van der Waals surface area contributed by atoms with Gasteiger partial charge in [-0.15, -0.1) is 0 Å². The Labute approximate surface area is 153 Å². The number of halogens is 3. The molecule has 0 spiro atoms. The normalized spacial score (nSPS) is 25.8. The Morgan fingerprint density at radius 3 is 2.11 bits per heavy atom. The molecule has 1 fully saturated rings. The summed E-state index contributed by atoms with van der Waals surface area (Å²) in [4.78, 5) is 25.4. The molecule has 0 unspecified atom stereocenters. The quantitative estimate of drug-likeness (QED) is 0.807. The van der Waals surface area contributed by atoms with E-state index in [1.807, 2.05) is 0 Å². The minimum Gasteiger partial charge on any atom is -0.363 e. The number of hydrogen-bond acceptors (Lipinski definition) is 3. The molecule has 3 atom stereocenters. The van der Waals surface area contributed by atoms with E-state index in [9.17, 15) is 27.9 Å². The molecule has 142 valence electrons. The number of rotatable bonds is 3. The number of carbonyl (C=O) groups excluding carboxylic acids is 2. The molecule has 0 aliphatic carbocycles. The monoisotopic (exact) mass is 378 g/mol. The number of ketones is 1. The summed E-state index contributed by atoms with van der Waals surface area (Å²) in [5, 5.41) is 13.1. The molecule has 8 heteroatoms. The Morgan fingerprint density at radius 2 is 1.59 bits per heavy atom. The van der Waals surface area contributed by atoms with Crippen molar-refractivity contribution in [1.29, 1.82) is 0 Å². The standard InChI is InChI=1S/C19H17F3N2O3/c1-24-17(26)23-15(12-8-4-2-5-9-12)14(18(24,27)19(20,21)22)16(25)13-10-6-3-7-11-13/h2-11,14-15,27H,1H3,(H,23,26)/t14-,15+,18-/m1/s1. The van der Waals surface area contributed by atoms with E-state index in [0.29, 0.717) is 0 Å². The van der Waals surface area contributed by atoms with Crippen molar-refractivity contribution in [2.75, 3.05) is 7.05 Å². The summed E-state index contributed by atoms with van der Waals surface area (Å²) in [6.45, 7) is 0. The van der Waals surface area contributed by atoms with Crippen LogP contribution in [0.25, 0.3) is 0 Å². The fourth-order valence-electron chi connectivity index (χ4n) is 3.33. The molecule has 0 aromatic heterocycles. The van der Waals surface area contributed by atoms with Gasteiger partial charge in [-0.25, -0.2) is 4.79 Å². The van der Waals surface area contributed by atoms with Crippen molar-refractivity contribution in [3.8, 4) is 0 Å². The van der Waals surface area contributed by atoms with E-state index in [4.69, 9.17) is 0 Å². The van der Waals surface area contributed by atoms with E-state index in [2.05, 4.69) is 5.32 Å². The summed E-state index contributed by atoms with van der Waals surface area (Å²) in [6, 6.07) is 12.7. The zero-order valence-corrected chi connectivity index (χ0v) is 14.3. The van der Waals surface area contributed by atoms with Crippen molar-refractivity contribution in [2.45, 2.75) is 17.9 Å². The van der Waals surface area contributed by atoms with Crippen molar-refractivity contribution < 1.29 is 27.9 Å². The van der Waals surface area contributed by atoms with Gasteiger partial charge in [-0.1, -0.05) is 60.7 Å². The number of nitrogens with zero attached hydrogens (tertiary/aromatic N) is 1. The van der Waals surface area contributed by atoms with Crippen LogP contribution in [0.4, 0.5) is 18.0 Å².